The van der Waals surface area contributed by atoms with Crippen LogP contribution in [0.15, 0.2) is 35.8 Å². The first-order chi connectivity index (χ1) is 35.6. The van der Waals surface area contributed by atoms with E-state index in [1.165, 1.54) is 24.2 Å². The molecule has 0 spiro atoms. The van der Waals surface area contributed by atoms with Crippen LogP contribution in [0.1, 0.15) is 115 Å². The molecule has 4 aromatic rings. The van der Waals surface area contributed by atoms with Gasteiger partial charge in [0.05, 0.1) is 60.4 Å². The molecule has 0 radical (unpaired) electrons. The minimum atomic E-state index is -0.943. The highest BCUT2D eigenvalue weighted by atomic mass is 32.1. The van der Waals surface area contributed by atoms with Crippen LogP contribution in [0.2, 0.25) is 0 Å². The number of benzene rings is 1. The quantitative estimate of drug-likeness (QED) is 0.136. The maximum Gasteiger partial charge on any atom is 0.324 e. The summed E-state index contributed by atoms with van der Waals surface area (Å²) in [5.74, 6) is -0.491. The number of anilines is 1. The number of carbonyl (C=O) groups is 3. The summed E-state index contributed by atoms with van der Waals surface area (Å²) in [5.41, 5.74) is 10.8. The fourth-order valence-electron chi connectivity index (χ4n) is 12.7. The number of hydrogen-bond acceptors (Lipinski definition) is 14. The monoisotopic (exact) mass is 1030 g/mol. The Balaban J connectivity index is 1.06. The van der Waals surface area contributed by atoms with E-state index in [1.807, 2.05) is 6.20 Å². The number of methoxy groups -OCH3 is 1. The van der Waals surface area contributed by atoms with Gasteiger partial charge < -0.3 is 33.7 Å². The Hall–Kier alpha value is -4.49. The van der Waals surface area contributed by atoms with Crippen molar-refractivity contribution in [2.24, 2.45) is 28.6 Å². The molecular formula is C57H79N9O7S. The molecule has 16 nitrogen and oxygen atoms in total. The third-order valence-corrected chi connectivity index (χ3v) is 18.3. The van der Waals surface area contributed by atoms with Gasteiger partial charge in [-0.15, -0.1) is 11.3 Å². The number of thiazole rings is 1. The van der Waals surface area contributed by atoms with E-state index >= 15 is 4.79 Å². The molecular weight excluding hydrogens is 955 g/mol. The van der Waals surface area contributed by atoms with E-state index < -0.39 is 29.5 Å². The van der Waals surface area contributed by atoms with Crippen LogP contribution >= 0.6 is 11.3 Å². The molecule has 74 heavy (non-hydrogen) atoms. The first kappa shape index (κ1) is 51.6. The normalized spacial score (nSPS) is 28.4. The number of fused-ring (bicyclic) bond motifs is 6. The summed E-state index contributed by atoms with van der Waals surface area (Å²) in [7, 11) is 1.75. The predicted octanol–water partition coefficient (Wildman–Crippen LogP) is 7.41. The highest BCUT2D eigenvalue weighted by Gasteiger charge is 2.52. The van der Waals surface area contributed by atoms with Crippen molar-refractivity contribution in [1.82, 2.24) is 40.1 Å². The summed E-state index contributed by atoms with van der Waals surface area (Å²) < 4.78 is 27.3. The van der Waals surface area contributed by atoms with E-state index in [1.54, 1.807) is 12.1 Å². The molecule has 2 N–H and O–H groups in total. The van der Waals surface area contributed by atoms with Crippen LogP contribution in [0.4, 0.5) is 5.69 Å². The zero-order chi connectivity index (χ0) is 51.6. The molecule has 400 valence electrons. The molecule has 5 aliphatic heterocycles. The minimum Gasteiger partial charge on any atom is -0.464 e. The largest absolute Gasteiger partial charge is 0.464 e. The van der Waals surface area contributed by atoms with Crippen molar-refractivity contribution in [2.45, 2.75) is 136 Å². The van der Waals surface area contributed by atoms with Crippen LogP contribution in [0.25, 0.3) is 33.4 Å². The molecule has 8 heterocycles. The van der Waals surface area contributed by atoms with Gasteiger partial charge in [0.15, 0.2) is 0 Å². The lowest BCUT2D eigenvalue weighted by molar-refractivity contribution is -0.156. The fraction of sp³-hybridized carbons (Fsp3) is 0.667. The van der Waals surface area contributed by atoms with Gasteiger partial charge in [-0.25, -0.2) is 10.4 Å². The van der Waals surface area contributed by atoms with Crippen molar-refractivity contribution in [3.63, 3.8) is 0 Å². The third-order valence-electron chi connectivity index (χ3n) is 17.4. The number of pyridine rings is 1. The lowest BCUT2D eigenvalue weighted by Gasteiger charge is -2.51. The number of rotatable bonds is 12. The van der Waals surface area contributed by atoms with Crippen LogP contribution in [-0.2, 0) is 46.3 Å². The maximum absolute atomic E-state index is 15.1. The van der Waals surface area contributed by atoms with Crippen molar-refractivity contribution in [2.75, 3.05) is 84.3 Å². The average molecular weight is 1030 g/mol. The smallest absolute Gasteiger partial charge is 0.324 e. The number of cyclic esters (lactones) is 1. The first-order valence-electron chi connectivity index (χ1n) is 27.7. The van der Waals surface area contributed by atoms with Gasteiger partial charge in [-0.2, -0.15) is 0 Å². The summed E-state index contributed by atoms with van der Waals surface area (Å²) in [6.45, 7) is 23.6. The third kappa shape index (κ3) is 10.5. The number of ether oxygens (including phenoxy) is 4. The van der Waals surface area contributed by atoms with Crippen molar-refractivity contribution < 1.29 is 33.3 Å². The van der Waals surface area contributed by atoms with Gasteiger partial charge in [-0.3, -0.25) is 34.2 Å². The number of nitrogens with one attached hydrogen (secondary N) is 2. The van der Waals surface area contributed by atoms with E-state index in [0.717, 1.165) is 114 Å². The van der Waals surface area contributed by atoms with E-state index in [9.17, 15) is 9.59 Å². The molecule has 6 fully saturated rings. The van der Waals surface area contributed by atoms with Crippen LogP contribution < -0.4 is 15.6 Å². The van der Waals surface area contributed by atoms with Gasteiger partial charge in [-0.05, 0) is 92.9 Å². The number of esters is 1. The molecule has 3 aromatic heterocycles. The lowest BCUT2D eigenvalue weighted by Crippen LogP contribution is -2.65. The van der Waals surface area contributed by atoms with Gasteiger partial charge in [-0.1, -0.05) is 47.6 Å². The number of likely N-dealkylation sites (tertiary alicyclic amines) is 1. The summed E-state index contributed by atoms with van der Waals surface area (Å²) in [6.07, 6.45) is 7.91. The zero-order valence-corrected chi connectivity index (χ0v) is 45.8. The van der Waals surface area contributed by atoms with Crippen LogP contribution in [-0.4, -0.2) is 151 Å². The van der Waals surface area contributed by atoms with Crippen molar-refractivity contribution >= 4 is 45.7 Å². The van der Waals surface area contributed by atoms with Crippen molar-refractivity contribution in [1.29, 1.82) is 0 Å². The van der Waals surface area contributed by atoms with Crippen molar-refractivity contribution in [3.05, 3.63) is 52.1 Å². The number of hydrazine groups is 1. The van der Waals surface area contributed by atoms with Crippen molar-refractivity contribution in [3.8, 4) is 22.5 Å². The summed E-state index contributed by atoms with van der Waals surface area (Å²) in [6, 6.07) is 7.55. The number of aromatic nitrogens is 3. The number of nitrogens with zero attached hydrogens (tertiary/aromatic N) is 7. The standard InChI is InChI=1S/C57H79N9O7S/c1-34-35(2)47(34)52(67)60-49-51(64-31-57(6,7)32-64)53-59-45(30-74-53)37-11-14-46-41(26-37)43(28-56(4,5)33-73-55(69)44-10-9-17-66(61-44)54(49)68)50(65(46)22-25-72-40-15-23-71-24-16-40)42-27-39(29-58-48(42)36(3)70-8)63-20-18-62(19-21-63)38-12-13-38/h11,14,26-27,29-30,34-36,38,40,44,47,49,51,61H,9-10,12-13,15-25,28,31-33H2,1-8H3,(H,60,67)/t34-,35+,36-,44-,47?,49-,51-/m0/s1. The summed E-state index contributed by atoms with van der Waals surface area (Å²) >= 11 is 1.54. The number of carbonyl (C=O) groups excluding carboxylic acids is 3. The minimum absolute atomic E-state index is 0.0262. The average Bonchev–Trinajstić information content (AvgIpc) is 4.26. The first-order valence-corrected chi connectivity index (χ1v) is 28.6. The molecule has 7 aliphatic rings. The molecule has 11 rings (SSSR count). The summed E-state index contributed by atoms with van der Waals surface area (Å²) in [5, 5.41) is 8.82. The molecule has 4 saturated heterocycles. The second kappa shape index (κ2) is 20.8. The Bertz CT molecular complexity index is 2710. The molecule has 2 saturated carbocycles. The highest BCUT2D eigenvalue weighted by molar-refractivity contribution is 7.10. The van der Waals surface area contributed by atoms with Crippen LogP contribution in [0.3, 0.4) is 0 Å². The molecule has 17 heteroatoms. The van der Waals surface area contributed by atoms with Gasteiger partial charge in [0.25, 0.3) is 5.91 Å². The number of amides is 2. The topological polar surface area (TPSA) is 156 Å². The molecule has 1 aromatic carbocycles. The van der Waals surface area contributed by atoms with E-state index in [-0.39, 0.29) is 53.8 Å². The van der Waals surface area contributed by atoms with E-state index in [2.05, 4.69) is 108 Å². The van der Waals surface area contributed by atoms with Crippen LogP contribution in [0, 0.1) is 28.6 Å². The lowest BCUT2D eigenvalue weighted by atomic mass is 9.82. The van der Waals surface area contributed by atoms with Crippen LogP contribution in [0.5, 0.6) is 0 Å². The molecule has 2 amide bonds. The van der Waals surface area contributed by atoms with E-state index in [0.29, 0.717) is 52.2 Å². The molecule has 6 bridgehead atoms. The second-order valence-corrected chi connectivity index (χ2v) is 25.1. The molecule has 1 unspecified atom stereocenters. The Morgan fingerprint density at radius 3 is 2.42 bits per heavy atom. The Labute approximate surface area is 441 Å². The Morgan fingerprint density at radius 1 is 0.959 bits per heavy atom. The SMILES string of the molecule is CO[C@@H](C)c1ncc(N2CCN(C3CC3)CC2)cc1-c1c2c3cc(ccc3n1CCOC1CCOCC1)-c1csc(n1)[C@@H](N1CC(C)(C)C1)[C@H](NC(=O)C1[C@@H](C)[C@H]1C)C(=O)N1CCC[C@H](N1)C(=O)OCC(C)(C)C2. The number of hydrogen-bond donors (Lipinski definition) is 2. The Morgan fingerprint density at radius 2 is 1.72 bits per heavy atom. The predicted molar refractivity (Wildman–Crippen MR) is 286 cm³/mol. The Kier molecular flexibility index (Phi) is 14.5. The maximum atomic E-state index is 15.1. The van der Waals surface area contributed by atoms with Gasteiger partial charge in [0.2, 0.25) is 5.91 Å². The van der Waals surface area contributed by atoms with E-state index in [4.69, 9.17) is 28.9 Å². The fourth-order valence-corrected chi connectivity index (χ4v) is 13.7. The molecule has 7 atom stereocenters. The van der Waals surface area contributed by atoms with Gasteiger partial charge >= 0.3 is 5.97 Å². The highest BCUT2D eigenvalue weighted by Crippen LogP contribution is 2.47. The molecule has 2 aliphatic carbocycles. The summed E-state index contributed by atoms with van der Waals surface area (Å²) in [4.78, 5) is 61.8. The van der Waals surface area contributed by atoms with Gasteiger partial charge in [0, 0.05) is 117 Å². The zero-order valence-electron chi connectivity index (χ0n) is 45.0. The number of piperazine rings is 1. The second-order valence-electron chi connectivity index (χ2n) is 24.2. The van der Waals surface area contributed by atoms with Gasteiger partial charge in [0.1, 0.15) is 17.1 Å².